The number of pyridine rings is 2. The minimum Gasteiger partial charge on any atom is -0.476 e. The maximum absolute atomic E-state index is 13.1. The molecule has 5 rings (SSSR count). The molecular formula is C25H22ClN5O3. The summed E-state index contributed by atoms with van der Waals surface area (Å²) in [6.45, 7) is 5.16. The van der Waals surface area contributed by atoms with Crippen molar-refractivity contribution in [2.75, 3.05) is 10.2 Å². The quantitative estimate of drug-likeness (QED) is 0.411. The van der Waals surface area contributed by atoms with E-state index in [-0.39, 0.29) is 22.4 Å². The summed E-state index contributed by atoms with van der Waals surface area (Å²) >= 11 is 5.89. The van der Waals surface area contributed by atoms with E-state index in [1.54, 1.807) is 18.3 Å². The predicted molar refractivity (Wildman–Crippen MR) is 131 cm³/mol. The molecule has 172 valence electrons. The Morgan fingerprint density at radius 3 is 2.50 bits per heavy atom. The lowest BCUT2D eigenvalue weighted by atomic mass is 10.1. The van der Waals surface area contributed by atoms with Crippen molar-refractivity contribution in [3.63, 3.8) is 0 Å². The van der Waals surface area contributed by atoms with Crippen LogP contribution in [-0.4, -0.2) is 25.4 Å². The molecule has 3 aromatic heterocycles. The number of aromatic nitrogens is 3. The molecule has 0 fully saturated rings. The Balaban J connectivity index is 1.56. The third kappa shape index (κ3) is 3.97. The van der Waals surface area contributed by atoms with E-state index in [1.807, 2.05) is 32.0 Å². The van der Waals surface area contributed by atoms with Gasteiger partial charge in [-0.1, -0.05) is 35.9 Å². The van der Waals surface area contributed by atoms with Crippen LogP contribution in [0.1, 0.15) is 45.7 Å². The number of nitrogens with zero attached hydrogens (tertiary/aromatic N) is 4. The predicted octanol–water partition coefficient (Wildman–Crippen LogP) is 4.44. The topological polar surface area (TPSA) is 99.8 Å². The fourth-order valence-electron chi connectivity index (χ4n) is 4.36. The maximum atomic E-state index is 13.1. The standard InChI is InChI=1S/C25H22ClN5O3/c1-14-9-18(15(2)27-19-7-8-20(26)28-23(19)25(33)34)24-29-21(10-22(32)31(24)11-14)30-12-16-5-3-4-6-17(16)13-30/h3-11,15,27H,12-13H2,1-2H3,(H,33,34)/t15-/m0/s1. The van der Waals surface area contributed by atoms with Gasteiger partial charge in [-0.05, 0) is 48.7 Å². The number of carboxylic acid groups (broad SMARTS) is 1. The van der Waals surface area contributed by atoms with Gasteiger partial charge in [-0.3, -0.25) is 9.20 Å². The Morgan fingerprint density at radius 2 is 1.82 bits per heavy atom. The van der Waals surface area contributed by atoms with Crippen molar-refractivity contribution >= 4 is 34.7 Å². The number of rotatable bonds is 5. The summed E-state index contributed by atoms with van der Waals surface area (Å²) < 4.78 is 1.54. The van der Waals surface area contributed by atoms with E-state index in [1.165, 1.54) is 21.6 Å². The highest BCUT2D eigenvalue weighted by Crippen LogP contribution is 2.29. The number of halogens is 1. The van der Waals surface area contributed by atoms with Gasteiger partial charge in [0.1, 0.15) is 16.6 Å². The van der Waals surface area contributed by atoms with Crippen LogP contribution in [0.15, 0.2) is 59.5 Å². The molecule has 0 spiro atoms. The number of fused-ring (bicyclic) bond motifs is 2. The molecule has 4 aromatic rings. The molecule has 0 amide bonds. The maximum Gasteiger partial charge on any atom is 0.356 e. The van der Waals surface area contributed by atoms with Gasteiger partial charge in [-0.2, -0.15) is 0 Å². The van der Waals surface area contributed by atoms with Crippen molar-refractivity contribution < 1.29 is 9.90 Å². The second-order valence-electron chi connectivity index (χ2n) is 8.45. The molecule has 4 heterocycles. The van der Waals surface area contributed by atoms with E-state index in [9.17, 15) is 14.7 Å². The molecule has 8 nitrogen and oxygen atoms in total. The molecular weight excluding hydrogens is 454 g/mol. The second kappa shape index (κ2) is 8.46. The summed E-state index contributed by atoms with van der Waals surface area (Å²) in [6.07, 6.45) is 1.76. The number of carbonyl (C=O) groups is 1. The Hall–Kier alpha value is -3.91. The van der Waals surface area contributed by atoms with Crippen LogP contribution in [-0.2, 0) is 13.1 Å². The molecule has 0 bridgehead atoms. The van der Waals surface area contributed by atoms with Crippen molar-refractivity contribution in [1.82, 2.24) is 14.4 Å². The van der Waals surface area contributed by atoms with Crippen LogP contribution >= 0.6 is 11.6 Å². The number of hydrogen-bond donors (Lipinski definition) is 2. The number of anilines is 2. The Kier molecular flexibility index (Phi) is 5.45. The Morgan fingerprint density at radius 1 is 1.12 bits per heavy atom. The van der Waals surface area contributed by atoms with Crippen molar-refractivity contribution in [2.45, 2.75) is 33.0 Å². The van der Waals surface area contributed by atoms with E-state index < -0.39 is 5.97 Å². The average molecular weight is 476 g/mol. The average Bonchev–Trinajstić information content (AvgIpc) is 3.24. The number of benzene rings is 1. The van der Waals surface area contributed by atoms with Gasteiger partial charge in [0.05, 0.1) is 11.7 Å². The van der Waals surface area contributed by atoms with Gasteiger partial charge < -0.3 is 15.3 Å². The van der Waals surface area contributed by atoms with Crippen molar-refractivity contribution in [1.29, 1.82) is 0 Å². The fraction of sp³-hybridized carbons (Fsp3) is 0.200. The number of aryl methyl sites for hydroxylation is 1. The first-order valence-electron chi connectivity index (χ1n) is 10.8. The Bertz CT molecular complexity index is 1480. The van der Waals surface area contributed by atoms with E-state index in [0.29, 0.717) is 30.2 Å². The normalized spacial score (nSPS) is 13.7. The Labute approximate surface area is 200 Å². The SMILES string of the molecule is Cc1cc([C@H](C)Nc2ccc(Cl)nc2C(=O)O)c2nc(N3Cc4ccccc4C3)cc(=O)n2c1. The zero-order valence-corrected chi connectivity index (χ0v) is 19.4. The highest BCUT2D eigenvalue weighted by molar-refractivity contribution is 6.29. The minimum absolute atomic E-state index is 0.0982. The molecule has 0 unspecified atom stereocenters. The zero-order valence-electron chi connectivity index (χ0n) is 18.6. The van der Waals surface area contributed by atoms with Gasteiger partial charge in [0.15, 0.2) is 5.69 Å². The summed E-state index contributed by atoms with van der Waals surface area (Å²) in [6, 6.07) is 14.5. The van der Waals surface area contributed by atoms with Crippen molar-refractivity contribution in [2.24, 2.45) is 0 Å². The van der Waals surface area contributed by atoms with E-state index in [2.05, 4.69) is 27.3 Å². The van der Waals surface area contributed by atoms with Crippen molar-refractivity contribution in [3.8, 4) is 0 Å². The lowest BCUT2D eigenvalue weighted by Crippen LogP contribution is -2.23. The molecule has 34 heavy (non-hydrogen) atoms. The van der Waals surface area contributed by atoms with Crippen molar-refractivity contribution in [3.05, 3.63) is 98.2 Å². The zero-order chi connectivity index (χ0) is 24.0. The third-order valence-electron chi connectivity index (χ3n) is 5.98. The molecule has 1 aromatic carbocycles. The largest absolute Gasteiger partial charge is 0.476 e. The van der Waals surface area contributed by atoms with Crippen LogP contribution in [0.2, 0.25) is 5.15 Å². The molecule has 9 heteroatoms. The first-order valence-corrected chi connectivity index (χ1v) is 11.2. The molecule has 0 saturated heterocycles. The number of hydrogen-bond acceptors (Lipinski definition) is 6. The highest BCUT2D eigenvalue weighted by Gasteiger charge is 2.23. The molecule has 1 aliphatic heterocycles. The minimum atomic E-state index is -1.18. The fourth-order valence-corrected chi connectivity index (χ4v) is 4.51. The lowest BCUT2D eigenvalue weighted by molar-refractivity contribution is 0.0691. The second-order valence-corrected chi connectivity index (χ2v) is 8.83. The van der Waals surface area contributed by atoms with Gasteiger partial charge in [-0.25, -0.2) is 14.8 Å². The van der Waals surface area contributed by atoms with Gasteiger partial charge in [0.2, 0.25) is 0 Å². The van der Waals surface area contributed by atoms with Crippen LogP contribution in [0, 0.1) is 6.92 Å². The van der Waals surface area contributed by atoms with Crippen LogP contribution in [0.3, 0.4) is 0 Å². The lowest BCUT2D eigenvalue weighted by Gasteiger charge is -2.21. The van der Waals surface area contributed by atoms with Gasteiger partial charge in [0.25, 0.3) is 5.56 Å². The molecule has 1 atom stereocenters. The van der Waals surface area contributed by atoms with Gasteiger partial charge in [-0.15, -0.1) is 0 Å². The summed E-state index contributed by atoms with van der Waals surface area (Å²) in [5, 5.41) is 12.8. The first-order chi connectivity index (χ1) is 16.3. The molecule has 0 aliphatic carbocycles. The van der Waals surface area contributed by atoms with Crippen LogP contribution in [0.25, 0.3) is 5.65 Å². The van der Waals surface area contributed by atoms with Gasteiger partial charge >= 0.3 is 5.97 Å². The number of nitrogens with one attached hydrogen (secondary N) is 1. The van der Waals surface area contributed by atoms with E-state index in [4.69, 9.17) is 16.6 Å². The summed E-state index contributed by atoms with van der Waals surface area (Å²) in [4.78, 5) is 35.6. The van der Waals surface area contributed by atoms with E-state index >= 15 is 0 Å². The molecule has 0 saturated carbocycles. The third-order valence-corrected chi connectivity index (χ3v) is 6.19. The highest BCUT2D eigenvalue weighted by atomic mass is 35.5. The summed E-state index contributed by atoms with van der Waals surface area (Å²) in [7, 11) is 0. The molecule has 1 aliphatic rings. The van der Waals surface area contributed by atoms with Crippen LogP contribution in [0.4, 0.5) is 11.5 Å². The smallest absolute Gasteiger partial charge is 0.356 e. The summed E-state index contributed by atoms with van der Waals surface area (Å²) in [5.41, 5.74) is 4.60. The van der Waals surface area contributed by atoms with Crippen LogP contribution < -0.4 is 15.8 Å². The number of carboxylic acids is 1. The summed E-state index contributed by atoms with van der Waals surface area (Å²) in [5.74, 6) is -0.575. The number of aromatic carboxylic acids is 1. The molecule has 0 radical (unpaired) electrons. The van der Waals surface area contributed by atoms with Gasteiger partial charge in [0, 0.05) is 30.9 Å². The monoisotopic (exact) mass is 475 g/mol. The molecule has 2 N–H and O–H groups in total. The van der Waals surface area contributed by atoms with Crippen LogP contribution in [0.5, 0.6) is 0 Å². The first kappa shape index (κ1) is 21.9. The van der Waals surface area contributed by atoms with E-state index in [0.717, 1.165) is 11.1 Å².